The van der Waals surface area contributed by atoms with Gasteiger partial charge in [0, 0.05) is 23.8 Å². The van der Waals surface area contributed by atoms with E-state index in [4.69, 9.17) is 4.74 Å². The first-order valence-corrected chi connectivity index (χ1v) is 12.5. The third-order valence-corrected chi connectivity index (χ3v) is 6.14. The number of hydrogen-bond acceptors (Lipinski definition) is 7. The number of aromatic nitrogens is 1. The molecule has 0 bridgehead atoms. The van der Waals surface area contributed by atoms with Gasteiger partial charge in [-0.3, -0.25) is 10.1 Å². The van der Waals surface area contributed by atoms with Crippen LogP contribution in [0.5, 0.6) is 23.0 Å². The fraction of sp³-hybridized carbons (Fsp3) is 0.0625. The Kier molecular flexibility index (Phi) is 8.91. The molecule has 4 aromatic rings. The summed E-state index contributed by atoms with van der Waals surface area (Å²) in [5, 5.41) is 40.1. The highest BCUT2D eigenvalue weighted by Crippen LogP contribution is 2.33. The number of phenols is 3. The standard InChI is InChI=1S/C32H26N2O7/c1-22-27(10-8-23-2-4-24(5-3-23)16-19-34(39)40)11-13-30(32(22)38)41-31(37)21-33-17-14-25(15-18-33)6-7-26-9-12-28(35)29(36)20-26/h2-20,36,38H,21H2,1H3/p+1. The number of nitrogens with zero attached hydrogens (tertiary/aromatic N) is 2. The van der Waals surface area contributed by atoms with E-state index in [1.807, 2.05) is 42.5 Å². The van der Waals surface area contributed by atoms with E-state index in [2.05, 4.69) is 0 Å². The van der Waals surface area contributed by atoms with Crippen molar-refractivity contribution in [2.24, 2.45) is 0 Å². The molecule has 41 heavy (non-hydrogen) atoms. The molecular weight excluding hydrogens is 524 g/mol. The van der Waals surface area contributed by atoms with Crippen LogP contribution >= 0.6 is 0 Å². The Morgan fingerprint density at radius 2 is 1.39 bits per heavy atom. The maximum Gasteiger partial charge on any atom is 0.378 e. The predicted octanol–water partition coefficient (Wildman–Crippen LogP) is 5.59. The number of esters is 1. The molecule has 3 aromatic carbocycles. The maximum absolute atomic E-state index is 12.5. The molecule has 206 valence electrons. The van der Waals surface area contributed by atoms with Crippen LogP contribution in [0.15, 0.2) is 85.3 Å². The van der Waals surface area contributed by atoms with Crippen molar-refractivity contribution in [2.75, 3.05) is 0 Å². The van der Waals surface area contributed by atoms with Crippen LogP contribution in [0.25, 0.3) is 30.4 Å². The second-order valence-electron chi connectivity index (χ2n) is 9.09. The van der Waals surface area contributed by atoms with E-state index >= 15 is 0 Å². The zero-order valence-corrected chi connectivity index (χ0v) is 22.0. The van der Waals surface area contributed by atoms with Crippen molar-refractivity contribution in [1.29, 1.82) is 0 Å². The van der Waals surface area contributed by atoms with Gasteiger partial charge >= 0.3 is 5.97 Å². The third kappa shape index (κ3) is 7.90. The first kappa shape index (κ1) is 28.3. The van der Waals surface area contributed by atoms with Crippen molar-refractivity contribution in [3.8, 4) is 23.0 Å². The Morgan fingerprint density at radius 3 is 2.05 bits per heavy atom. The minimum Gasteiger partial charge on any atom is -0.504 e. The van der Waals surface area contributed by atoms with E-state index in [1.54, 1.807) is 54.2 Å². The number of benzene rings is 3. The van der Waals surface area contributed by atoms with Crippen LogP contribution < -0.4 is 9.30 Å². The smallest absolute Gasteiger partial charge is 0.378 e. The van der Waals surface area contributed by atoms with Gasteiger partial charge in [0.2, 0.25) is 12.7 Å². The lowest BCUT2D eigenvalue weighted by atomic mass is 10.0. The van der Waals surface area contributed by atoms with E-state index in [9.17, 15) is 30.2 Å². The van der Waals surface area contributed by atoms with Crippen LogP contribution in [-0.2, 0) is 11.3 Å². The van der Waals surface area contributed by atoms with E-state index < -0.39 is 10.9 Å². The Balaban J connectivity index is 1.35. The molecule has 0 aliphatic carbocycles. The lowest BCUT2D eigenvalue weighted by Gasteiger charge is -2.09. The summed E-state index contributed by atoms with van der Waals surface area (Å²) < 4.78 is 7.06. The van der Waals surface area contributed by atoms with Crippen LogP contribution in [0.1, 0.15) is 33.4 Å². The van der Waals surface area contributed by atoms with Gasteiger partial charge in [0.25, 0.3) is 0 Å². The monoisotopic (exact) mass is 551 g/mol. The molecule has 1 aromatic heterocycles. The molecule has 0 radical (unpaired) electrons. The van der Waals surface area contributed by atoms with Crippen LogP contribution in [0.2, 0.25) is 0 Å². The van der Waals surface area contributed by atoms with Gasteiger partial charge in [-0.05, 0) is 52.9 Å². The molecule has 0 amide bonds. The number of carbonyl (C=O) groups excluding carboxylic acids is 1. The summed E-state index contributed by atoms with van der Waals surface area (Å²) in [6.45, 7) is 1.65. The molecule has 9 nitrogen and oxygen atoms in total. The summed E-state index contributed by atoms with van der Waals surface area (Å²) in [5.41, 5.74) is 4.44. The minimum atomic E-state index is -0.554. The van der Waals surface area contributed by atoms with Crippen LogP contribution in [0, 0.1) is 17.0 Å². The topological polar surface area (TPSA) is 134 Å². The summed E-state index contributed by atoms with van der Waals surface area (Å²) in [5.74, 6) is -1.01. The fourth-order valence-electron chi connectivity index (χ4n) is 3.83. The van der Waals surface area contributed by atoms with Gasteiger partial charge in [0.15, 0.2) is 35.4 Å². The molecule has 0 fully saturated rings. The molecule has 9 heteroatoms. The normalized spacial score (nSPS) is 11.4. The van der Waals surface area contributed by atoms with Crippen molar-refractivity contribution in [3.05, 3.63) is 129 Å². The number of aromatic hydroxyl groups is 3. The lowest BCUT2D eigenvalue weighted by Crippen LogP contribution is -2.38. The fourth-order valence-corrected chi connectivity index (χ4v) is 3.83. The molecule has 0 spiro atoms. The van der Waals surface area contributed by atoms with E-state index in [0.29, 0.717) is 11.1 Å². The van der Waals surface area contributed by atoms with E-state index in [1.165, 1.54) is 24.3 Å². The van der Waals surface area contributed by atoms with E-state index in [-0.39, 0.29) is 29.5 Å². The Bertz CT molecular complexity index is 1660. The molecule has 0 atom stereocenters. The summed E-state index contributed by atoms with van der Waals surface area (Å²) >= 11 is 0. The maximum atomic E-state index is 12.5. The van der Waals surface area contributed by atoms with Crippen LogP contribution in [-0.4, -0.2) is 26.2 Å². The number of pyridine rings is 1. The lowest BCUT2D eigenvalue weighted by molar-refractivity contribution is -0.685. The van der Waals surface area contributed by atoms with Crippen molar-refractivity contribution in [2.45, 2.75) is 13.5 Å². The van der Waals surface area contributed by atoms with Crippen LogP contribution in [0.3, 0.4) is 0 Å². The largest absolute Gasteiger partial charge is 0.504 e. The van der Waals surface area contributed by atoms with Crippen molar-refractivity contribution in [1.82, 2.24) is 0 Å². The summed E-state index contributed by atoms with van der Waals surface area (Å²) in [6, 6.07) is 18.6. The molecule has 0 aliphatic rings. The molecule has 0 unspecified atom stereocenters. The number of phenolic OH excluding ortho intramolecular Hbond substituents is 3. The number of rotatable bonds is 9. The van der Waals surface area contributed by atoms with Gasteiger partial charge in [0.1, 0.15) is 0 Å². The number of carbonyl (C=O) groups is 1. The SMILES string of the molecule is Cc1c(C=Cc2ccc(C=C[N+](=O)[O-])cc2)ccc(OC(=O)C[n+]2ccc(C=Cc3ccc(O)c(O)c3)cc2)c1O. The first-order valence-electron chi connectivity index (χ1n) is 12.5. The highest BCUT2D eigenvalue weighted by Gasteiger charge is 2.16. The first-order chi connectivity index (χ1) is 19.7. The molecule has 3 N–H and O–H groups in total. The van der Waals surface area contributed by atoms with Crippen molar-refractivity contribution >= 4 is 36.3 Å². The second kappa shape index (κ2) is 12.9. The average molecular weight is 552 g/mol. The van der Waals surface area contributed by atoms with Gasteiger partial charge < -0.3 is 20.1 Å². The number of nitro groups is 1. The zero-order chi connectivity index (χ0) is 29.4. The molecule has 1 heterocycles. The van der Waals surface area contributed by atoms with Gasteiger partial charge in [-0.15, -0.1) is 0 Å². The minimum absolute atomic E-state index is 0.0592. The molecule has 0 saturated carbocycles. The summed E-state index contributed by atoms with van der Waals surface area (Å²) in [6.07, 6.45) is 13.0. The quantitative estimate of drug-likeness (QED) is 0.0469. The zero-order valence-electron chi connectivity index (χ0n) is 22.0. The highest BCUT2D eigenvalue weighted by atomic mass is 16.6. The number of ether oxygens (including phenoxy) is 1. The van der Waals surface area contributed by atoms with Crippen molar-refractivity contribution in [3.63, 3.8) is 0 Å². The molecular formula is C32H27N2O7+. The van der Waals surface area contributed by atoms with Crippen LogP contribution in [0.4, 0.5) is 0 Å². The highest BCUT2D eigenvalue weighted by molar-refractivity contribution is 5.76. The number of hydrogen-bond donors (Lipinski definition) is 3. The van der Waals surface area contributed by atoms with Crippen molar-refractivity contribution < 1.29 is 34.3 Å². The molecule has 0 aliphatic heterocycles. The Labute approximate surface area is 236 Å². The Morgan fingerprint density at radius 1 is 0.805 bits per heavy atom. The van der Waals surface area contributed by atoms with Gasteiger partial charge in [-0.1, -0.05) is 60.7 Å². The summed E-state index contributed by atoms with van der Waals surface area (Å²) in [4.78, 5) is 22.5. The Hall–Kier alpha value is -5.70. The van der Waals surface area contributed by atoms with Gasteiger partial charge in [-0.2, -0.15) is 4.57 Å². The average Bonchev–Trinajstić information content (AvgIpc) is 2.96. The van der Waals surface area contributed by atoms with Gasteiger partial charge in [0.05, 0.1) is 4.92 Å². The second-order valence-corrected chi connectivity index (χ2v) is 9.09. The summed E-state index contributed by atoms with van der Waals surface area (Å²) in [7, 11) is 0. The third-order valence-electron chi connectivity index (χ3n) is 6.14. The van der Waals surface area contributed by atoms with E-state index in [0.717, 1.165) is 28.5 Å². The molecule has 0 saturated heterocycles. The molecule has 4 rings (SSSR count). The predicted molar refractivity (Wildman–Crippen MR) is 155 cm³/mol. The van der Waals surface area contributed by atoms with Gasteiger partial charge in [-0.25, -0.2) is 4.79 Å².